The fourth-order valence-electron chi connectivity index (χ4n) is 4.25. The van der Waals surface area contributed by atoms with Crippen LogP contribution in [0.2, 0.25) is 0 Å². The lowest BCUT2D eigenvalue weighted by Crippen LogP contribution is -2.44. The Bertz CT molecular complexity index is 1090. The molecule has 0 bridgehead atoms. The lowest BCUT2D eigenvalue weighted by molar-refractivity contribution is 0.195. The summed E-state index contributed by atoms with van der Waals surface area (Å²) in [6, 6.07) is 2.40. The Kier molecular flexibility index (Phi) is 5.08. The number of likely N-dealkylation sites (tertiary alicyclic amines) is 1. The van der Waals surface area contributed by atoms with E-state index in [9.17, 15) is 8.78 Å². The van der Waals surface area contributed by atoms with Gasteiger partial charge in [-0.2, -0.15) is 0 Å². The van der Waals surface area contributed by atoms with Gasteiger partial charge in [0.1, 0.15) is 17.9 Å². The molecule has 2 aliphatic rings. The first-order valence-electron chi connectivity index (χ1n) is 10.3. The third-order valence-electron chi connectivity index (χ3n) is 5.99. The van der Waals surface area contributed by atoms with Gasteiger partial charge in [0.05, 0.1) is 10.9 Å². The van der Waals surface area contributed by atoms with Crippen LogP contribution >= 0.6 is 0 Å². The molecule has 2 fully saturated rings. The monoisotopic (exact) mass is 414 g/mol. The highest BCUT2D eigenvalue weighted by Crippen LogP contribution is 2.32. The standard InChI is InChI=1S/C21H24F2N6O/c1-28-6-2-3-14(28)12-30-20-16-11-25-21(29-7-4-24-5-8-29)27-18(16)15-9-13(22)10-17(23)19(15)26-20/h9-11,14,24H,2-8,12H2,1H3. The van der Waals surface area contributed by atoms with Gasteiger partial charge in [-0.1, -0.05) is 0 Å². The number of halogens is 2. The summed E-state index contributed by atoms with van der Waals surface area (Å²) in [6.07, 6.45) is 3.83. The average Bonchev–Trinajstić information content (AvgIpc) is 3.17. The second kappa shape index (κ2) is 7.88. The molecule has 158 valence electrons. The van der Waals surface area contributed by atoms with Crippen LogP contribution in [0.15, 0.2) is 18.3 Å². The fraction of sp³-hybridized carbons (Fsp3) is 0.476. The van der Waals surface area contributed by atoms with E-state index in [0.717, 1.165) is 51.6 Å². The van der Waals surface area contributed by atoms with Crippen molar-refractivity contribution in [2.75, 3.05) is 51.3 Å². The number of aromatic nitrogens is 3. The van der Waals surface area contributed by atoms with Crippen molar-refractivity contribution in [3.63, 3.8) is 0 Å². The summed E-state index contributed by atoms with van der Waals surface area (Å²) >= 11 is 0. The molecule has 0 radical (unpaired) electrons. The summed E-state index contributed by atoms with van der Waals surface area (Å²) in [5.41, 5.74) is 0.514. The van der Waals surface area contributed by atoms with Gasteiger partial charge < -0.3 is 19.9 Å². The highest BCUT2D eigenvalue weighted by Gasteiger charge is 2.23. The van der Waals surface area contributed by atoms with Gasteiger partial charge in [-0.05, 0) is 32.5 Å². The van der Waals surface area contributed by atoms with E-state index in [1.807, 2.05) is 0 Å². The van der Waals surface area contributed by atoms with Crippen molar-refractivity contribution in [1.29, 1.82) is 0 Å². The molecule has 0 aliphatic carbocycles. The van der Waals surface area contributed by atoms with Gasteiger partial charge in [-0.25, -0.2) is 23.7 Å². The average molecular weight is 414 g/mol. The van der Waals surface area contributed by atoms with Crippen LogP contribution in [0.5, 0.6) is 5.88 Å². The number of nitrogens with one attached hydrogen (secondary N) is 1. The topological polar surface area (TPSA) is 66.4 Å². The molecular weight excluding hydrogens is 390 g/mol. The van der Waals surface area contributed by atoms with Crippen molar-refractivity contribution < 1.29 is 13.5 Å². The fourth-order valence-corrected chi connectivity index (χ4v) is 4.25. The number of anilines is 1. The summed E-state index contributed by atoms with van der Waals surface area (Å²) in [4.78, 5) is 17.9. The van der Waals surface area contributed by atoms with Crippen molar-refractivity contribution in [2.45, 2.75) is 18.9 Å². The Labute approximate surface area is 173 Å². The van der Waals surface area contributed by atoms with E-state index >= 15 is 0 Å². The van der Waals surface area contributed by atoms with E-state index in [0.29, 0.717) is 28.8 Å². The lowest BCUT2D eigenvalue weighted by atomic mass is 10.1. The summed E-state index contributed by atoms with van der Waals surface area (Å²) < 4.78 is 34.6. The highest BCUT2D eigenvalue weighted by atomic mass is 19.1. The van der Waals surface area contributed by atoms with Gasteiger partial charge in [0.15, 0.2) is 5.82 Å². The number of hydrogen-bond acceptors (Lipinski definition) is 7. The van der Waals surface area contributed by atoms with Crippen LogP contribution < -0.4 is 15.0 Å². The molecule has 4 heterocycles. The zero-order valence-corrected chi connectivity index (χ0v) is 16.9. The van der Waals surface area contributed by atoms with E-state index in [-0.39, 0.29) is 17.4 Å². The van der Waals surface area contributed by atoms with Gasteiger partial charge in [-0.3, -0.25) is 0 Å². The number of pyridine rings is 1. The van der Waals surface area contributed by atoms with Crippen molar-refractivity contribution in [2.24, 2.45) is 0 Å². The summed E-state index contributed by atoms with van der Waals surface area (Å²) in [6.45, 7) is 4.71. The molecule has 9 heteroatoms. The summed E-state index contributed by atoms with van der Waals surface area (Å²) in [7, 11) is 2.07. The number of nitrogens with zero attached hydrogens (tertiary/aromatic N) is 5. The molecule has 2 aliphatic heterocycles. The first-order chi connectivity index (χ1) is 14.6. The molecule has 1 atom stereocenters. The summed E-state index contributed by atoms with van der Waals surface area (Å²) in [5.74, 6) is -0.554. The quantitative estimate of drug-likeness (QED) is 0.658. The minimum atomic E-state index is -0.725. The maximum absolute atomic E-state index is 14.6. The number of rotatable bonds is 4. The largest absolute Gasteiger partial charge is 0.475 e. The molecule has 0 saturated carbocycles. The van der Waals surface area contributed by atoms with Crippen LogP contribution in [0.25, 0.3) is 21.8 Å². The number of hydrogen-bond donors (Lipinski definition) is 1. The Hall–Kier alpha value is -2.65. The second-order valence-electron chi connectivity index (χ2n) is 7.96. The molecule has 0 spiro atoms. The first-order valence-corrected chi connectivity index (χ1v) is 10.3. The van der Waals surface area contributed by atoms with Gasteiger partial charge >= 0.3 is 0 Å². The maximum Gasteiger partial charge on any atom is 0.225 e. The molecule has 1 aromatic carbocycles. The van der Waals surface area contributed by atoms with E-state index in [4.69, 9.17) is 4.74 Å². The van der Waals surface area contributed by atoms with Crippen molar-refractivity contribution >= 4 is 27.8 Å². The summed E-state index contributed by atoms with van der Waals surface area (Å²) in [5, 5.41) is 4.18. The second-order valence-corrected chi connectivity index (χ2v) is 7.96. The Morgan fingerprint density at radius 1 is 1.10 bits per heavy atom. The van der Waals surface area contributed by atoms with Gasteiger partial charge in [0.2, 0.25) is 11.8 Å². The normalized spacial score (nSPS) is 20.4. The molecular formula is C21H24F2N6O. The molecule has 2 aromatic heterocycles. The Morgan fingerprint density at radius 3 is 2.70 bits per heavy atom. The Morgan fingerprint density at radius 2 is 1.93 bits per heavy atom. The van der Waals surface area contributed by atoms with Crippen LogP contribution in [0.4, 0.5) is 14.7 Å². The van der Waals surface area contributed by atoms with E-state index < -0.39 is 11.6 Å². The molecule has 30 heavy (non-hydrogen) atoms. The number of fused-ring (bicyclic) bond motifs is 3. The van der Waals surface area contributed by atoms with Gasteiger partial charge in [0, 0.05) is 49.9 Å². The van der Waals surface area contributed by atoms with E-state index in [2.05, 4.69) is 37.1 Å². The van der Waals surface area contributed by atoms with Crippen LogP contribution in [-0.4, -0.2) is 72.3 Å². The number of ether oxygens (including phenoxy) is 1. The molecule has 1 N–H and O–H groups in total. The minimum Gasteiger partial charge on any atom is -0.475 e. The van der Waals surface area contributed by atoms with E-state index in [1.165, 1.54) is 6.07 Å². The van der Waals surface area contributed by atoms with Crippen molar-refractivity contribution in [3.05, 3.63) is 30.0 Å². The van der Waals surface area contributed by atoms with Crippen LogP contribution in [-0.2, 0) is 0 Å². The zero-order valence-electron chi connectivity index (χ0n) is 16.9. The molecule has 1 unspecified atom stereocenters. The first kappa shape index (κ1) is 19.3. The molecule has 2 saturated heterocycles. The molecule has 0 amide bonds. The third-order valence-corrected chi connectivity index (χ3v) is 5.99. The predicted molar refractivity (Wildman–Crippen MR) is 111 cm³/mol. The molecule has 3 aromatic rings. The molecule has 7 nitrogen and oxygen atoms in total. The van der Waals surface area contributed by atoms with Gasteiger partial charge in [0.25, 0.3) is 0 Å². The number of piperazine rings is 1. The third kappa shape index (κ3) is 3.52. The van der Waals surface area contributed by atoms with Crippen LogP contribution in [0, 0.1) is 11.6 Å². The van der Waals surface area contributed by atoms with Crippen molar-refractivity contribution in [1.82, 2.24) is 25.2 Å². The van der Waals surface area contributed by atoms with Gasteiger partial charge in [-0.15, -0.1) is 0 Å². The lowest BCUT2D eigenvalue weighted by Gasteiger charge is -2.27. The SMILES string of the molecule is CN1CCCC1COc1nc2c(F)cc(F)cc2c2nc(N3CCNCC3)ncc12. The van der Waals surface area contributed by atoms with E-state index in [1.54, 1.807) is 6.20 Å². The highest BCUT2D eigenvalue weighted by molar-refractivity contribution is 6.05. The zero-order chi connectivity index (χ0) is 20.7. The van der Waals surface area contributed by atoms with Crippen LogP contribution in [0.1, 0.15) is 12.8 Å². The van der Waals surface area contributed by atoms with Crippen LogP contribution in [0.3, 0.4) is 0 Å². The smallest absolute Gasteiger partial charge is 0.225 e. The Balaban J connectivity index is 1.61. The van der Waals surface area contributed by atoms with Crippen molar-refractivity contribution in [3.8, 4) is 5.88 Å². The maximum atomic E-state index is 14.6. The number of benzene rings is 1. The molecule has 5 rings (SSSR count). The number of likely N-dealkylation sites (N-methyl/N-ethyl adjacent to an activating group) is 1. The minimum absolute atomic E-state index is 0.0589. The predicted octanol–water partition coefficient (Wildman–Crippen LogP) is 2.34.